The number of nitrogen functional groups attached to an aromatic ring is 1. The summed E-state index contributed by atoms with van der Waals surface area (Å²) >= 11 is 0. The van der Waals surface area contributed by atoms with Crippen LogP contribution in [0.3, 0.4) is 0 Å². The fourth-order valence-corrected chi connectivity index (χ4v) is 4.15. The third-order valence-electron chi connectivity index (χ3n) is 5.68. The van der Waals surface area contributed by atoms with Crippen LogP contribution < -0.4 is 10.6 Å². The van der Waals surface area contributed by atoms with E-state index in [9.17, 15) is 4.79 Å². The largest absolute Gasteiger partial charge is 0.398 e. The molecule has 2 N–H and O–H groups in total. The summed E-state index contributed by atoms with van der Waals surface area (Å²) in [6, 6.07) is 16.6. The van der Waals surface area contributed by atoms with Crippen molar-refractivity contribution in [2.75, 3.05) is 49.9 Å². The van der Waals surface area contributed by atoms with Crippen LogP contribution in [-0.2, 0) is 17.8 Å². The first-order chi connectivity index (χ1) is 13.2. The summed E-state index contributed by atoms with van der Waals surface area (Å²) in [5.74, 6) is 0.227. The van der Waals surface area contributed by atoms with Crippen LogP contribution in [-0.4, -0.2) is 55.0 Å². The van der Waals surface area contributed by atoms with Crippen molar-refractivity contribution in [3.05, 3.63) is 59.7 Å². The van der Waals surface area contributed by atoms with Gasteiger partial charge < -0.3 is 15.5 Å². The number of amides is 1. The molecule has 2 aliphatic heterocycles. The van der Waals surface area contributed by atoms with E-state index < -0.39 is 0 Å². The van der Waals surface area contributed by atoms with Crippen LogP contribution in [0.2, 0.25) is 0 Å². The number of piperazine rings is 1. The molecule has 27 heavy (non-hydrogen) atoms. The van der Waals surface area contributed by atoms with Gasteiger partial charge in [-0.05, 0) is 36.1 Å². The predicted octanol–water partition coefficient (Wildman–Crippen LogP) is 2.37. The minimum absolute atomic E-state index is 0.227. The fraction of sp³-hybridized carbons (Fsp3) is 0.409. The first-order valence-electron chi connectivity index (χ1n) is 9.87. The highest BCUT2D eigenvalue weighted by Crippen LogP contribution is 2.31. The Hall–Kier alpha value is -2.53. The second kappa shape index (κ2) is 8.01. The molecule has 0 aromatic heterocycles. The van der Waals surface area contributed by atoms with Crippen LogP contribution in [0.4, 0.5) is 11.4 Å². The van der Waals surface area contributed by atoms with E-state index in [0.717, 1.165) is 63.5 Å². The summed E-state index contributed by atoms with van der Waals surface area (Å²) in [6.45, 7) is 5.83. The summed E-state index contributed by atoms with van der Waals surface area (Å²) in [6.07, 6.45) is 2.06. The highest BCUT2D eigenvalue weighted by molar-refractivity contribution is 5.83. The van der Waals surface area contributed by atoms with E-state index >= 15 is 0 Å². The second-order valence-corrected chi connectivity index (χ2v) is 7.51. The van der Waals surface area contributed by atoms with Crippen molar-refractivity contribution in [1.82, 2.24) is 9.80 Å². The summed E-state index contributed by atoms with van der Waals surface area (Å²) in [5, 5.41) is 0. The van der Waals surface area contributed by atoms with Gasteiger partial charge in [-0.1, -0.05) is 36.4 Å². The fourth-order valence-electron chi connectivity index (χ4n) is 4.15. The molecule has 4 rings (SSSR count). The van der Waals surface area contributed by atoms with Crippen LogP contribution >= 0.6 is 0 Å². The quantitative estimate of drug-likeness (QED) is 0.847. The first kappa shape index (κ1) is 17.9. The molecule has 0 bridgehead atoms. The Morgan fingerprint density at radius 2 is 1.70 bits per heavy atom. The molecule has 5 heteroatoms. The highest BCUT2D eigenvalue weighted by atomic mass is 16.2. The van der Waals surface area contributed by atoms with Gasteiger partial charge in [-0.15, -0.1) is 0 Å². The smallest absolute Gasteiger partial charge is 0.242 e. The summed E-state index contributed by atoms with van der Waals surface area (Å²) < 4.78 is 0. The molecule has 1 saturated heterocycles. The van der Waals surface area contributed by atoms with E-state index in [1.54, 1.807) is 0 Å². The number of hydrogen-bond acceptors (Lipinski definition) is 4. The molecule has 2 heterocycles. The van der Waals surface area contributed by atoms with Gasteiger partial charge in [0.05, 0.1) is 6.54 Å². The molecule has 0 radical (unpaired) electrons. The van der Waals surface area contributed by atoms with Crippen molar-refractivity contribution in [1.29, 1.82) is 0 Å². The highest BCUT2D eigenvalue weighted by Gasteiger charge is 2.25. The van der Waals surface area contributed by atoms with E-state index in [2.05, 4.69) is 40.1 Å². The number of carbonyl (C=O) groups excluding carboxylic acids is 1. The van der Waals surface area contributed by atoms with Crippen molar-refractivity contribution in [2.45, 2.75) is 19.4 Å². The average Bonchev–Trinajstić information content (AvgIpc) is 2.70. The van der Waals surface area contributed by atoms with Gasteiger partial charge in [0.1, 0.15) is 0 Å². The van der Waals surface area contributed by atoms with Crippen molar-refractivity contribution in [3.8, 4) is 0 Å². The first-order valence-corrected chi connectivity index (χ1v) is 9.87. The third kappa shape index (κ3) is 4.08. The third-order valence-corrected chi connectivity index (χ3v) is 5.68. The SMILES string of the molecule is Nc1cccc2c1CCCN2CC(=O)N1CCN(Cc2ccccc2)CC1. The van der Waals surface area contributed by atoms with Crippen molar-refractivity contribution < 1.29 is 4.79 Å². The zero-order valence-electron chi connectivity index (χ0n) is 15.8. The molecule has 2 aromatic rings. The topological polar surface area (TPSA) is 52.8 Å². The molecule has 1 fully saturated rings. The Morgan fingerprint density at radius 1 is 0.926 bits per heavy atom. The van der Waals surface area contributed by atoms with Gasteiger partial charge in [0.2, 0.25) is 5.91 Å². The van der Waals surface area contributed by atoms with E-state index in [1.807, 2.05) is 23.1 Å². The van der Waals surface area contributed by atoms with Gasteiger partial charge in [-0.3, -0.25) is 9.69 Å². The summed E-state index contributed by atoms with van der Waals surface area (Å²) in [4.78, 5) is 19.5. The Balaban J connectivity index is 1.32. The van der Waals surface area contributed by atoms with Crippen LogP contribution in [0.1, 0.15) is 17.5 Å². The standard InChI is InChI=1S/C22H28N4O/c23-20-9-4-10-21-19(20)8-5-11-26(21)17-22(27)25-14-12-24(13-15-25)16-18-6-2-1-3-7-18/h1-4,6-7,9-10H,5,8,11-17,23H2. The maximum Gasteiger partial charge on any atom is 0.242 e. The van der Waals surface area contributed by atoms with Gasteiger partial charge in [0.15, 0.2) is 0 Å². The number of hydrogen-bond donors (Lipinski definition) is 1. The van der Waals surface area contributed by atoms with Crippen LogP contribution in [0.25, 0.3) is 0 Å². The maximum absolute atomic E-state index is 12.9. The normalized spacial score (nSPS) is 17.6. The van der Waals surface area contributed by atoms with E-state index in [-0.39, 0.29) is 5.91 Å². The zero-order valence-corrected chi connectivity index (χ0v) is 15.8. The summed E-state index contributed by atoms with van der Waals surface area (Å²) in [5.41, 5.74) is 10.6. The minimum Gasteiger partial charge on any atom is -0.398 e. The molecule has 0 atom stereocenters. The number of nitrogens with two attached hydrogens (primary N) is 1. The number of fused-ring (bicyclic) bond motifs is 1. The molecule has 0 unspecified atom stereocenters. The van der Waals surface area contributed by atoms with Crippen molar-refractivity contribution in [3.63, 3.8) is 0 Å². The van der Waals surface area contributed by atoms with E-state index in [4.69, 9.17) is 5.73 Å². The number of benzene rings is 2. The van der Waals surface area contributed by atoms with Gasteiger partial charge >= 0.3 is 0 Å². The number of anilines is 2. The Bertz CT molecular complexity index is 784. The maximum atomic E-state index is 12.9. The van der Waals surface area contributed by atoms with Gasteiger partial charge in [-0.25, -0.2) is 0 Å². The molecule has 0 saturated carbocycles. The van der Waals surface area contributed by atoms with Gasteiger partial charge in [0, 0.05) is 50.6 Å². The Kier molecular flexibility index (Phi) is 5.30. The average molecular weight is 364 g/mol. The van der Waals surface area contributed by atoms with E-state index in [0.29, 0.717) is 6.54 Å². The lowest BCUT2D eigenvalue weighted by Crippen LogP contribution is -2.51. The lowest BCUT2D eigenvalue weighted by Gasteiger charge is -2.37. The monoisotopic (exact) mass is 364 g/mol. The Morgan fingerprint density at radius 3 is 2.48 bits per heavy atom. The number of nitrogens with zero attached hydrogens (tertiary/aromatic N) is 3. The van der Waals surface area contributed by atoms with Crippen LogP contribution in [0.15, 0.2) is 48.5 Å². The van der Waals surface area contributed by atoms with E-state index in [1.165, 1.54) is 11.1 Å². The molecular formula is C22H28N4O. The summed E-state index contributed by atoms with van der Waals surface area (Å²) in [7, 11) is 0. The Labute approximate surface area is 161 Å². The molecular weight excluding hydrogens is 336 g/mol. The second-order valence-electron chi connectivity index (χ2n) is 7.51. The minimum atomic E-state index is 0.227. The molecule has 0 spiro atoms. The van der Waals surface area contributed by atoms with Gasteiger partial charge in [0.25, 0.3) is 0 Å². The molecule has 0 aliphatic carbocycles. The molecule has 142 valence electrons. The lowest BCUT2D eigenvalue weighted by molar-refractivity contribution is -0.131. The molecule has 2 aliphatic rings. The zero-order chi connectivity index (χ0) is 18.6. The number of carbonyl (C=O) groups is 1. The number of rotatable bonds is 4. The van der Waals surface area contributed by atoms with Gasteiger partial charge in [-0.2, -0.15) is 0 Å². The molecule has 2 aromatic carbocycles. The predicted molar refractivity (Wildman–Crippen MR) is 110 cm³/mol. The van der Waals surface area contributed by atoms with Crippen LogP contribution in [0, 0.1) is 0 Å². The molecule has 5 nitrogen and oxygen atoms in total. The van der Waals surface area contributed by atoms with Crippen molar-refractivity contribution >= 4 is 17.3 Å². The lowest BCUT2D eigenvalue weighted by atomic mass is 10.00. The van der Waals surface area contributed by atoms with Crippen LogP contribution in [0.5, 0.6) is 0 Å². The van der Waals surface area contributed by atoms with Crippen molar-refractivity contribution in [2.24, 2.45) is 0 Å². The molecule has 1 amide bonds.